The largest absolute Gasteiger partial charge is 0.416 e. The van der Waals surface area contributed by atoms with Crippen molar-refractivity contribution in [2.75, 3.05) is 5.32 Å². The van der Waals surface area contributed by atoms with Gasteiger partial charge < -0.3 is 15.4 Å². The molecule has 5 nitrogen and oxygen atoms in total. The zero-order valence-electron chi connectivity index (χ0n) is 15.9. The van der Waals surface area contributed by atoms with Crippen LogP contribution in [0.3, 0.4) is 0 Å². The third-order valence-electron chi connectivity index (χ3n) is 4.79. The van der Waals surface area contributed by atoms with Gasteiger partial charge in [0.1, 0.15) is 5.75 Å². The summed E-state index contributed by atoms with van der Waals surface area (Å²) >= 11 is 5.97. The lowest BCUT2D eigenvalue weighted by atomic mass is 9.96. The normalized spacial score (nSPS) is 14.8. The highest BCUT2D eigenvalue weighted by Crippen LogP contribution is 2.30. The van der Waals surface area contributed by atoms with Crippen molar-refractivity contribution in [3.05, 3.63) is 58.6 Å². The van der Waals surface area contributed by atoms with Crippen molar-refractivity contribution in [2.45, 2.75) is 44.3 Å². The highest BCUT2D eigenvalue weighted by molar-refractivity contribution is 6.31. The summed E-state index contributed by atoms with van der Waals surface area (Å²) in [6.45, 7) is 0. The van der Waals surface area contributed by atoms with Crippen LogP contribution in [0.25, 0.3) is 0 Å². The number of nitrogens with one attached hydrogen (secondary N) is 2. The highest BCUT2D eigenvalue weighted by Gasteiger charge is 2.30. The fourth-order valence-electron chi connectivity index (χ4n) is 3.25. The molecule has 9 heteroatoms. The predicted octanol–water partition coefficient (Wildman–Crippen LogP) is 6.03. The smallest absolute Gasteiger partial charge is 0.409 e. The van der Waals surface area contributed by atoms with Gasteiger partial charge in [-0.3, -0.25) is 4.79 Å². The molecular weight excluding hydrogens is 421 g/mol. The van der Waals surface area contributed by atoms with Gasteiger partial charge in [-0.2, -0.15) is 13.2 Å². The first-order valence-corrected chi connectivity index (χ1v) is 9.86. The molecule has 2 N–H and O–H groups in total. The topological polar surface area (TPSA) is 67.4 Å². The Morgan fingerprint density at radius 3 is 2.30 bits per heavy atom. The maximum Gasteiger partial charge on any atom is 0.416 e. The van der Waals surface area contributed by atoms with Crippen LogP contribution >= 0.6 is 11.6 Å². The Bertz CT molecular complexity index is 911. The van der Waals surface area contributed by atoms with Crippen molar-refractivity contribution >= 4 is 29.3 Å². The van der Waals surface area contributed by atoms with Crippen molar-refractivity contribution < 1.29 is 27.5 Å². The zero-order valence-corrected chi connectivity index (χ0v) is 16.6. The number of anilines is 1. The van der Waals surface area contributed by atoms with Crippen LogP contribution in [-0.2, 0) is 6.18 Å². The maximum absolute atomic E-state index is 12.7. The summed E-state index contributed by atoms with van der Waals surface area (Å²) in [7, 11) is 0. The molecule has 0 bridgehead atoms. The van der Waals surface area contributed by atoms with Gasteiger partial charge in [0, 0.05) is 16.8 Å². The Balaban J connectivity index is 1.70. The average molecular weight is 441 g/mol. The molecule has 0 unspecified atom stereocenters. The van der Waals surface area contributed by atoms with E-state index in [0.29, 0.717) is 0 Å². The molecule has 2 aromatic carbocycles. The third-order valence-corrected chi connectivity index (χ3v) is 5.02. The number of amides is 2. The Kier molecular flexibility index (Phi) is 6.87. The van der Waals surface area contributed by atoms with E-state index in [4.69, 9.17) is 16.3 Å². The quantitative estimate of drug-likeness (QED) is 0.609. The summed E-state index contributed by atoms with van der Waals surface area (Å²) in [6.07, 6.45) is -0.193. The molecular formula is C21H20ClF3N2O3. The number of alkyl halides is 3. The van der Waals surface area contributed by atoms with Crippen LogP contribution in [0, 0.1) is 0 Å². The third kappa shape index (κ3) is 5.89. The summed E-state index contributed by atoms with van der Waals surface area (Å²) < 4.78 is 43.3. The van der Waals surface area contributed by atoms with Crippen LogP contribution in [-0.4, -0.2) is 18.0 Å². The molecule has 2 amide bonds. The fraction of sp³-hybridized carbons (Fsp3) is 0.333. The Morgan fingerprint density at radius 1 is 1.00 bits per heavy atom. The lowest BCUT2D eigenvalue weighted by Gasteiger charge is -2.22. The number of halogens is 4. The van der Waals surface area contributed by atoms with Crippen molar-refractivity contribution in [1.82, 2.24) is 5.32 Å². The van der Waals surface area contributed by atoms with Gasteiger partial charge in [0.15, 0.2) is 0 Å². The van der Waals surface area contributed by atoms with E-state index >= 15 is 0 Å². The number of rotatable bonds is 4. The van der Waals surface area contributed by atoms with Gasteiger partial charge in [0.2, 0.25) is 0 Å². The van der Waals surface area contributed by atoms with E-state index in [1.165, 1.54) is 18.2 Å². The number of benzene rings is 2. The van der Waals surface area contributed by atoms with Gasteiger partial charge in [-0.25, -0.2) is 4.79 Å². The van der Waals surface area contributed by atoms with Crippen LogP contribution in [0.5, 0.6) is 5.75 Å². The van der Waals surface area contributed by atoms with E-state index < -0.39 is 23.7 Å². The summed E-state index contributed by atoms with van der Waals surface area (Å²) in [5, 5.41) is 5.51. The van der Waals surface area contributed by atoms with Crippen molar-refractivity contribution in [1.29, 1.82) is 0 Å². The zero-order chi connectivity index (χ0) is 21.7. The number of hydrogen-bond donors (Lipinski definition) is 2. The van der Waals surface area contributed by atoms with Crippen LogP contribution in [0.2, 0.25) is 5.02 Å². The minimum Gasteiger partial charge on any atom is -0.409 e. The van der Waals surface area contributed by atoms with Gasteiger partial charge in [0.05, 0.1) is 11.1 Å². The summed E-state index contributed by atoms with van der Waals surface area (Å²) in [5.74, 6) is -0.671. The van der Waals surface area contributed by atoms with Gasteiger partial charge in [-0.05, 0) is 55.3 Å². The molecule has 0 aromatic heterocycles. The minimum absolute atomic E-state index is 0.00267. The molecule has 3 rings (SSSR count). The van der Waals surface area contributed by atoms with Crippen molar-refractivity contribution in [3.63, 3.8) is 0 Å². The van der Waals surface area contributed by atoms with E-state index in [1.807, 2.05) is 0 Å². The summed E-state index contributed by atoms with van der Waals surface area (Å²) in [6, 6.07) is 8.23. The fourth-order valence-corrected chi connectivity index (χ4v) is 3.42. The number of ether oxygens (including phenoxy) is 1. The molecule has 1 fully saturated rings. The van der Waals surface area contributed by atoms with Crippen LogP contribution in [0.15, 0.2) is 42.5 Å². The molecule has 1 saturated carbocycles. The Morgan fingerprint density at radius 2 is 1.67 bits per heavy atom. The summed E-state index contributed by atoms with van der Waals surface area (Å²) in [4.78, 5) is 24.9. The van der Waals surface area contributed by atoms with Crippen LogP contribution in [0.4, 0.5) is 23.7 Å². The van der Waals surface area contributed by atoms with E-state index in [2.05, 4.69) is 10.6 Å². The molecule has 0 spiro atoms. The first-order valence-electron chi connectivity index (χ1n) is 9.49. The molecule has 0 aliphatic heterocycles. The maximum atomic E-state index is 12.7. The molecule has 1 aliphatic carbocycles. The van der Waals surface area contributed by atoms with E-state index in [-0.39, 0.29) is 28.1 Å². The number of carbonyl (C=O) groups excluding carboxylic acids is 2. The lowest BCUT2D eigenvalue weighted by Crippen LogP contribution is -2.38. The molecule has 2 aromatic rings. The lowest BCUT2D eigenvalue weighted by molar-refractivity contribution is -0.137. The number of hydrogen-bond acceptors (Lipinski definition) is 3. The molecule has 0 atom stereocenters. The molecule has 30 heavy (non-hydrogen) atoms. The first-order chi connectivity index (χ1) is 14.2. The van der Waals surface area contributed by atoms with Gasteiger partial charge in [-0.15, -0.1) is 0 Å². The van der Waals surface area contributed by atoms with E-state index in [9.17, 15) is 22.8 Å². The molecule has 160 valence electrons. The van der Waals surface area contributed by atoms with Crippen molar-refractivity contribution in [3.8, 4) is 5.75 Å². The molecule has 0 heterocycles. The molecule has 0 saturated heterocycles. The second-order valence-electron chi connectivity index (χ2n) is 7.04. The summed E-state index contributed by atoms with van der Waals surface area (Å²) in [5.41, 5.74) is -0.682. The molecule has 1 aliphatic rings. The first kappa shape index (κ1) is 22.0. The van der Waals surface area contributed by atoms with Gasteiger partial charge >= 0.3 is 12.3 Å². The monoisotopic (exact) mass is 440 g/mol. The van der Waals surface area contributed by atoms with Gasteiger partial charge in [-0.1, -0.05) is 30.9 Å². The Hall–Kier alpha value is -2.74. The standard InChI is InChI=1S/C21H20ClF3N2O3/c22-14-8-11-18(30-20(29)27-15-4-2-1-3-5-15)17(12-14)19(28)26-16-9-6-13(7-10-16)21(23,24)25/h6-12,15H,1-5H2,(H,26,28)(H,27,29). The highest BCUT2D eigenvalue weighted by atomic mass is 35.5. The molecule has 0 radical (unpaired) electrons. The minimum atomic E-state index is -4.47. The second kappa shape index (κ2) is 9.38. The van der Waals surface area contributed by atoms with Crippen LogP contribution < -0.4 is 15.4 Å². The average Bonchev–Trinajstić information content (AvgIpc) is 2.69. The van der Waals surface area contributed by atoms with Crippen LogP contribution in [0.1, 0.15) is 48.0 Å². The van der Waals surface area contributed by atoms with Crippen molar-refractivity contribution in [2.24, 2.45) is 0 Å². The second-order valence-corrected chi connectivity index (χ2v) is 7.47. The van der Waals surface area contributed by atoms with E-state index in [0.717, 1.165) is 56.4 Å². The SMILES string of the molecule is O=C(NC1CCCCC1)Oc1ccc(Cl)cc1C(=O)Nc1ccc(C(F)(F)F)cc1. The number of carbonyl (C=O) groups is 2. The Labute approximate surface area is 176 Å². The van der Waals surface area contributed by atoms with E-state index in [1.54, 1.807) is 0 Å². The predicted molar refractivity (Wildman–Crippen MR) is 107 cm³/mol. The van der Waals surface area contributed by atoms with Gasteiger partial charge in [0.25, 0.3) is 5.91 Å².